The molecule has 0 bridgehead atoms. The maximum atomic E-state index is 9.14. The van der Waals surface area contributed by atoms with Crippen LogP contribution in [0.3, 0.4) is 0 Å². The number of hydrogen-bond acceptors (Lipinski definition) is 3. The lowest BCUT2D eigenvalue weighted by Gasteiger charge is -2.14. The van der Waals surface area contributed by atoms with Crippen LogP contribution in [0.15, 0.2) is 36.7 Å². The fraction of sp³-hybridized carbons (Fsp3) is 0.357. The minimum absolute atomic E-state index is 0.161. The molecule has 90 valence electrons. The van der Waals surface area contributed by atoms with Crippen molar-refractivity contribution in [3.05, 3.63) is 42.2 Å². The lowest BCUT2D eigenvalue weighted by Crippen LogP contribution is -2.31. The second kappa shape index (κ2) is 5.75. The van der Waals surface area contributed by atoms with Gasteiger partial charge >= 0.3 is 0 Å². The summed E-state index contributed by atoms with van der Waals surface area (Å²) in [5.74, 6) is 0. The number of nitrogens with one attached hydrogen (secondary N) is 1. The summed E-state index contributed by atoms with van der Waals surface area (Å²) in [4.78, 5) is 4.24. The van der Waals surface area contributed by atoms with Gasteiger partial charge in [-0.3, -0.25) is 4.98 Å². The number of nitrogens with zero attached hydrogens (tertiary/aromatic N) is 1. The highest BCUT2D eigenvalue weighted by Gasteiger charge is 2.05. The van der Waals surface area contributed by atoms with E-state index in [9.17, 15) is 0 Å². The number of rotatable bonds is 5. The van der Waals surface area contributed by atoms with E-state index in [0.717, 1.165) is 18.4 Å². The fourth-order valence-electron chi connectivity index (χ4n) is 1.91. The van der Waals surface area contributed by atoms with Crippen molar-refractivity contribution in [2.24, 2.45) is 0 Å². The highest BCUT2D eigenvalue weighted by atomic mass is 16.3. The number of fused-ring (bicyclic) bond motifs is 1. The first-order valence-corrected chi connectivity index (χ1v) is 6.01. The molecule has 0 aliphatic heterocycles. The predicted octanol–water partition coefficient (Wildman–Crippen LogP) is 2.10. The van der Waals surface area contributed by atoms with Gasteiger partial charge in [0.05, 0.1) is 6.61 Å². The zero-order valence-corrected chi connectivity index (χ0v) is 10.1. The molecule has 1 aromatic carbocycles. The van der Waals surface area contributed by atoms with Gasteiger partial charge in [-0.25, -0.2) is 0 Å². The molecular formula is C14H18N2O. The van der Waals surface area contributed by atoms with E-state index in [-0.39, 0.29) is 12.6 Å². The number of benzene rings is 1. The van der Waals surface area contributed by atoms with Crippen LogP contribution < -0.4 is 5.32 Å². The van der Waals surface area contributed by atoms with Crippen LogP contribution in [0.1, 0.15) is 18.9 Å². The van der Waals surface area contributed by atoms with Crippen molar-refractivity contribution in [1.29, 1.82) is 0 Å². The van der Waals surface area contributed by atoms with Crippen molar-refractivity contribution in [3.63, 3.8) is 0 Å². The molecule has 0 spiro atoms. The smallest absolute Gasteiger partial charge is 0.0584 e. The fourth-order valence-corrected chi connectivity index (χ4v) is 1.91. The Kier molecular flexibility index (Phi) is 4.07. The van der Waals surface area contributed by atoms with Crippen molar-refractivity contribution in [2.45, 2.75) is 25.9 Å². The molecule has 17 heavy (non-hydrogen) atoms. The third kappa shape index (κ3) is 2.81. The van der Waals surface area contributed by atoms with Crippen molar-refractivity contribution < 1.29 is 5.11 Å². The van der Waals surface area contributed by atoms with Gasteiger partial charge in [0.15, 0.2) is 0 Å². The summed E-state index contributed by atoms with van der Waals surface area (Å²) >= 11 is 0. The van der Waals surface area contributed by atoms with Gasteiger partial charge in [0.1, 0.15) is 0 Å². The van der Waals surface area contributed by atoms with E-state index in [1.807, 2.05) is 24.5 Å². The molecule has 2 aromatic rings. The standard InChI is InChI=1S/C14H18N2O/c1-2-13(10-17)16-9-12-8-15-7-11-5-3-4-6-14(11)12/h3-8,13,16-17H,2,9-10H2,1H3/t13-/m1/s1. The number of aliphatic hydroxyl groups excluding tert-OH is 1. The second-order valence-corrected chi connectivity index (χ2v) is 4.19. The quantitative estimate of drug-likeness (QED) is 0.826. The largest absolute Gasteiger partial charge is 0.395 e. The van der Waals surface area contributed by atoms with Gasteiger partial charge in [-0.15, -0.1) is 0 Å². The van der Waals surface area contributed by atoms with Crippen LogP contribution in [0, 0.1) is 0 Å². The first-order chi connectivity index (χ1) is 8.35. The molecule has 1 heterocycles. The molecule has 2 rings (SSSR count). The molecule has 0 radical (unpaired) electrons. The molecule has 3 heteroatoms. The van der Waals surface area contributed by atoms with Gasteiger partial charge < -0.3 is 10.4 Å². The molecule has 3 nitrogen and oxygen atoms in total. The number of pyridine rings is 1. The number of hydrogen-bond donors (Lipinski definition) is 2. The van der Waals surface area contributed by atoms with Gasteiger partial charge in [-0.1, -0.05) is 31.2 Å². The number of aliphatic hydroxyl groups is 1. The molecule has 1 atom stereocenters. The maximum absolute atomic E-state index is 9.14. The van der Waals surface area contributed by atoms with Crippen LogP contribution in [-0.2, 0) is 6.54 Å². The highest BCUT2D eigenvalue weighted by Crippen LogP contribution is 2.16. The third-order valence-corrected chi connectivity index (χ3v) is 3.05. The zero-order chi connectivity index (χ0) is 12.1. The summed E-state index contributed by atoms with van der Waals surface area (Å²) in [6, 6.07) is 8.39. The Labute approximate surface area is 102 Å². The maximum Gasteiger partial charge on any atom is 0.0584 e. The van der Waals surface area contributed by atoms with E-state index >= 15 is 0 Å². The average Bonchev–Trinajstić information content (AvgIpc) is 2.40. The summed E-state index contributed by atoms with van der Waals surface area (Å²) < 4.78 is 0. The molecule has 0 aliphatic carbocycles. The SMILES string of the molecule is CC[C@H](CO)NCc1cncc2ccccc12. The Hall–Kier alpha value is -1.45. The molecule has 1 aromatic heterocycles. The van der Waals surface area contributed by atoms with Crippen molar-refractivity contribution in [2.75, 3.05) is 6.61 Å². The Morgan fingerprint density at radius 2 is 2.12 bits per heavy atom. The average molecular weight is 230 g/mol. The Morgan fingerprint density at radius 3 is 2.88 bits per heavy atom. The van der Waals surface area contributed by atoms with E-state index in [0.29, 0.717) is 0 Å². The lowest BCUT2D eigenvalue weighted by atomic mass is 10.1. The molecule has 0 fully saturated rings. The topological polar surface area (TPSA) is 45.1 Å². The second-order valence-electron chi connectivity index (χ2n) is 4.19. The molecule has 0 unspecified atom stereocenters. The summed E-state index contributed by atoms with van der Waals surface area (Å²) in [6.45, 7) is 2.98. The minimum atomic E-state index is 0.161. The molecule has 0 aliphatic rings. The predicted molar refractivity (Wildman–Crippen MR) is 69.7 cm³/mol. The van der Waals surface area contributed by atoms with E-state index in [1.165, 1.54) is 10.9 Å². The van der Waals surface area contributed by atoms with Crippen molar-refractivity contribution in [3.8, 4) is 0 Å². The molecule has 2 N–H and O–H groups in total. The van der Waals surface area contributed by atoms with E-state index in [1.54, 1.807) is 0 Å². The van der Waals surface area contributed by atoms with Gasteiger partial charge in [0, 0.05) is 30.4 Å². The van der Waals surface area contributed by atoms with Crippen molar-refractivity contribution in [1.82, 2.24) is 10.3 Å². The van der Waals surface area contributed by atoms with Gasteiger partial charge in [0.25, 0.3) is 0 Å². The van der Waals surface area contributed by atoms with Crippen LogP contribution in [0.25, 0.3) is 10.8 Å². The molecule has 0 saturated carbocycles. The van der Waals surface area contributed by atoms with Gasteiger partial charge in [-0.05, 0) is 17.4 Å². The van der Waals surface area contributed by atoms with Crippen molar-refractivity contribution >= 4 is 10.8 Å². The van der Waals surface area contributed by atoms with E-state index in [2.05, 4.69) is 29.4 Å². The Balaban J connectivity index is 2.18. The summed E-state index contributed by atoms with van der Waals surface area (Å²) in [5, 5.41) is 14.9. The first kappa shape index (κ1) is 12.0. The molecular weight excluding hydrogens is 212 g/mol. The zero-order valence-electron chi connectivity index (χ0n) is 10.1. The first-order valence-electron chi connectivity index (χ1n) is 6.01. The van der Waals surface area contributed by atoms with Crippen LogP contribution in [0.2, 0.25) is 0 Å². The van der Waals surface area contributed by atoms with Gasteiger partial charge in [0.2, 0.25) is 0 Å². The van der Waals surface area contributed by atoms with E-state index < -0.39 is 0 Å². The third-order valence-electron chi connectivity index (χ3n) is 3.05. The molecule has 0 amide bonds. The Bertz CT molecular complexity index is 475. The Morgan fingerprint density at radius 1 is 1.29 bits per heavy atom. The highest BCUT2D eigenvalue weighted by molar-refractivity contribution is 5.84. The normalized spacial score (nSPS) is 12.8. The van der Waals surface area contributed by atoms with Gasteiger partial charge in [-0.2, -0.15) is 0 Å². The van der Waals surface area contributed by atoms with Crippen LogP contribution in [0.4, 0.5) is 0 Å². The molecule has 0 saturated heterocycles. The van der Waals surface area contributed by atoms with E-state index in [4.69, 9.17) is 5.11 Å². The monoisotopic (exact) mass is 230 g/mol. The summed E-state index contributed by atoms with van der Waals surface area (Å²) in [7, 11) is 0. The van der Waals surface area contributed by atoms with Crippen LogP contribution >= 0.6 is 0 Å². The summed E-state index contributed by atoms with van der Waals surface area (Å²) in [6.07, 6.45) is 4.69. The van der Waals surface area contributed by atoms with Crippen LogP contribution in [0.5, 0.6) is 0 Å². The minimum Gasteiger partial charge on any atom is -0.395 e. The van der Waals surface area contributed by atoms with Crippen LogP contribution in [-0.4, -0.2) is 22.7 Å². The summed E-state index contributed by atoms with van der Waals surface area (Å²) in [5.41, 5.74) is 1.18. The number of aromatic nitrogens is 1. The lowest BCUT2D eigenvalue weighted by molar-refractivity contribution is 0.238.